The van der Waals surface area contributed by atoms with E-state index in [2.05, 4.69) is 16.4 Å². The number of rotatable bonds is 3. The van der Waals surface area contributed by atoms with Crippen molar-refractivity contribution in [2.24, 2.45) is 0 Å². The molecule has 102 valence electrons. The summed E-state index contributed by atoms with van der Waals surface area (Å²) in [6, 6.07) is 4.02. The van der Waals surface area contributed by atoms with E-state index in [0.717, 1.165) is 36.2 Å². The van der Waals surface area contributed by atoms with E-state index in [4.69, 9.17) is 12.2 Å². The van der Waals surface area contributed by atoms with Crippen molar-refractivity contribution in [3.63, 3.8) is 0 Å². The number of nitrogens with one attached hydrogen (secondary N) is 1. The van der Waals surface area contributed by atoms with Crippen LogP contribution in [0.2, 0.25) is 0 Å². The zero-order valence-electron chi connectivity index (χ0n) is 11.2. The van der Waals surface area contributed by atoms with Gasteiger partial charge in [0.2, 0.25) is 0 Å². The van der Waals surface area contributed by atoms with Gasteiger partial charge in [0.25, 0.3) is 0 Å². The second kappa shape index (κ2) is 6.26. The van der Waals surface area contributed by atoms with Crippen molar-refractivity contribution in [2.45, 2.75) is 31.1 Å². The highest BCUT2D eigenvalue weighted by Gasteiger charge is 2.41. The Labute approximate surface area is 119 Å². The predicted molar refractivity (Wildman–Crippen MR) is 81.2 cm³/mol. The van der Waals surface area contributed by atoms with E-state index in [0.29, 0.717) is 0 Å². The van der Waals surface area contributed by atoms with Crippen molar-refractivity contribution in [1.29, 1.82) is 0 Å². The Balaban J connectivity index is 2.56. The summed E-state index contributed by atoms with van der Waals surface area (Å²) in [5, 5.41) is 12.4. The highest BCUT2D eigenvalue weighted by atomic mass is 32.1. The molecule has 1 aromatic heterocycles. The lowest BCUT2D eigenvalue weighted by molar-refractivity contribution is 0.337. The van der Waals surface area contributed by atoms with Gasteiger partial charge in [0.1, 0.15) is 0 Å². The van der Waals surface area contributed by atoms with Crippen LogP contribution < -0.4 is 5.32 Å². The molecular formula is C15H20N2OS. The first-order valence-electron chi connectivity index (χ1n) is 6.68. The highest BCUT2D eigenvalue weighted by molar-refractivity contribution is 7.80. The fourth-order valence-electron chi connectivity index (χ4n) is 3.01. The van der Waals surface area contributed by atoms with Gasteiger partial charge in [-0.25, -0.2) is 0 Å². The summed E-state index contributed by atoms with van der Waals surface area (Å²) in [5.41, 5.74) is 2.04. The van der Waals surface area contributed by atoms with Crippen LogP contribution in [-0.4, -0.2) is 28.7 Å². The van der Waals surface area contributed by atoms with Gasteiger partial charge in [-0.3, -0.25) is 4.98 Å². The maximum atomic E-state index is 9.30. The van der Waals surface area contributed by atoms with Gasteiger partial charge in [0, 0.05) is 19.4 Å². The summed E-state index contributed by atoms with van der Waals surface area (Å²) < 4.78 is 0. The van der Waals surface area contributed by atoms with Gasteiger partial charge in [-0.15, -0.1) is 0 Å². The number of nitrogens with zero attached hydrogens (tertiary/aromatic N) is 1. The van der Waals surface area contributed by atoms with Crippen molar-refractivity contribution in [1.82, 2.24) is 10.3 Å². The summed E-state index contributed by atoms with van der Waals surface area (Å²) in [5.74, 6) is 0. The third kappa shape index (κ3) is 2.55. The lowest BCUT2D eigenvalue weighted by Crippen LogP contribution is -2.45. The van der Waals surface area contributed by atoms with Crippen molar-refractivity contribution < 1.29 is 5.11 Å². The molecule has 3 nitrogen and oxygen atoms in total. The first-order chi connectivity index (χ1) is 9.25. The van der Waals surface area contributed by atoms with Crippen molar-refractivity contribution >= 4 is 17.2 Å². The molecular weight excluding hydrogens is 256 g/mol. The molecule has 4 heteroatoms. The van der Waals surface area contributed by atoms with Crippen LogP contribution in [0.15, 0.2) is 36.2 Å². The van der Waals surface area contributed by atoms with Crippen LogP contribution in [0.25, 0.3) is 0 Å². The maximum absolute atomic E-state index is 9.30. The minimum Gasteiger partial charge on any atom is -0.392 e. The molecule has 19 heavy (non-hydrogen) atoms. The van der Waals surface area contributed by atoms with Gasteiger partial charge in [0.15, 0.2) is 0 Å². The molecule has 0 aliphatic heterocycles. The van der Waals surface area contributed by atoms with Crippen LogP contribution in [0, 0.1) is 0 Å². The Hall–Kier alpha value is -1.26. The predicted octanol–water partition coefficient (Wildman–Crippen LogP) is 2.36. The molecule has 0 amide bonds. The standard InChI is InChI=1S/C15H20N2OS/c1-16-14(19)15(13-6-4-9-17-11-13)8-3-2-5-12(15)7-10-18/h4,6-7,9,11,18H,2-3,5,8,10H2,1H3,(H,16,19)/b12-7+. The Morgan fingerprint density at radius 3 is 3.05 bits per heavy atom. The van der Waals surface area contributed by atoms with E-state index in [9.17, 15) is 5.11 Å². The molecule has 1 fully saturated rings. The zero-order chi connectivity index (χ0) is 13.7. The van der Waals surface area contributed by atoms with E-state index in [1.54, 1.807) is 6.20 Å². The van der Waals surface area contributed by atoms with Gasteiger partial charge in [-0.2, -0.15) is 0 Å². The molecule has 1 atom stereocenters. The van der Waals surface area contributed by atoms with Crippen LogP contribution in [0.1, 0.15) is 31.2 Å². The summed E-state index contributed by atoms with van der Waals surface area (Å²) >= 11 is 5.60. The molecule has 1 aromatic rings. The van der Waals surface area contributed by atoms with E-state index in [-0.39, 0.29) is 12.0 Å². The minimum absolute atomic E-state index is 0.0592. The molecule has 1 unspecified atom stereocenters. The quantitative estimate of drug-likeness (QED) is 0.657. The summed E-state index contributed by atoms with van der Waals surface area (Å²) in [4.78, 5) is 5.06. The third-order valence-corrected chi connectivity index (χ3v) is 4.46. The van der Waals surface area contributed by atoms with Crippen molar-refractivity contribution in [2.75, 3.05) is 13.7 Å². The highest BCUT2D eigenvalue weighted by Crippen LogP contribution is 2.44. The average Bonchev–Trinajstić information content (AvgIpc) is 2.48. The zero-order valence-corrected chi connectivity index (χ0v) is 12.0. The van der Waals surface area contributed by atoms with Crippen LogP contribution >= 0.6 is 12.2 Å². The summed E-state index contributed by atoms with van der Waals surface area (Å²) in [6.07, 6.45) is 9.83. The topological polar surface area (TPSA) is 45.2 Å². The number of thiocarbonyl (C=S) groups is 1. The fourth-order valence-corrected chi connectivity index (χ4v) is 3.37. The van der Waals surface area contributed by atoms with Crippen LogP contribution in [0.5, 0.6) is 0 Å². The lowest BCUT2D eigenvalue weighted by atomic mass is 9.66. The number of aliphatic hydroxyl groups is 1. The van der Waals surface area contributed by atoms with Gasteiger partial charge in [-0.05, 0) is 30.9 Å². The number of aliphatic hydroxyl groups excluding tert-OH is 1. The largest absolute Gasteiger partial charge is 0.392 e. The van der Waals surface area contributed by atoms with E-state index >= 15 is 0 Å². The Morgan fingerprint density at radius 1 is 1.58 bits per heavy atom. The molecule has 2 rings (SSSR count). The van der Waals surface area contributed by atoms with E-state index in [1.165, 1.54) is 5.57 Å². The number of hydrogen-bond acceptors (Lipinski definition) is 3. The normalized spacial score (nSPS) is 25.3. The van der Waals surface area contributed by atoms with Gasteiger partial charge in [0.05, 0.1) is 17.0 Å². The number of hydrogen-bond donors (Lipinski definition) is 2. The smallest absolute Gasteiger partial charge is 0.0900 e. The molecule has 1 aliphatic rings. The first-order valence-corrected chi connectivity index (χ1v) is 7.09. The number of pyridine rings is 1. The van der Waals surface area contributed by atoms with Crippen LogP contribution in [0.4, 0.5) is 0 Å². The van der Waals surface area contributed by atoms with Gasteiger partial charge in [-0.1, -0.05) is 36.4 Å². The van der Waals surface area contributed by atoms with E-state index < -0.39 is 0 Å². The minimum atomic E-state index is -0.292. The second-order valence-corrected chi connectivity index (χ2v) is 5.25. The van der Waals surface area contributed by atoms with Crippen LogP contribution in [-0.2, 0) is 5.41 Å². The Kier molecular flexibility index (Phi) is 4.66. The average molecular weight is 276 g/mol. The molecule has 0 bridgehead atoms. The number of aromatic nitrogens is 1. The Bertz CT molecular complexity index is 472. The number of likely N-dealkylation sites (N-methyl/N-ethyl adjacent to an activating group) is 1. The van der Waals surface area contributed by atoms with Gasteiger partial charge < -0.3 is 10.4 Å². The lowest BCUT2D eigenvalue weighted by Gasteiger charge is -2.40. The van der Waals surface area contributed by atoms with Crippen molar-refractivity contribution in [3.8, 4) is 0 Å². The molecule has 0 spiro atoms. The van der Waals surface area contributed by atoms with Crippen LogP contribution in [0.3, 0.4) is 0 Å². The summed E-state index contributed by atoms with van der Waals surface area (Å²) in [6.45, 7) is 0.0592. The molecule has 1 aliphatic carbocycles. The fraction of sp³-hybridized carbons (Fsp3) is 0.467. The Morgan fingerprint density at radius 2 is 2.42 bits per heavy atom. The van der Waals surface area contributed by atoms with E-state index in [1.807, 2.05) is 25.4 Å². The SMILES string of the molecule is CNC(=S)C1(c2cccnc2)CCCC/C1=C\CO. The summed E-state index contributed by atoms with van der Waals surface area (Å²) in [7, 11) is 1.87. The molecule has 1 saturated carbocycles. The monoisotopic (exact) mass is 276 g/mol. The molecule has 0 radical (unpaired) electrons. The molecule has 1 heterocycles. The molecule has 0 saturated heterocycles. The second-order valence-electron chi connectivity index (χ2n) is 4.85. The third-order valence-electron chi connectivity index (χ3n) is 3.90. The maximum Gasteiger partial charge on any atom is 0.0900 e. The molecule has 0 aromatic carbocycles. The van der Waals surface area contributed by atoms with Crippen molar-refractivity contribution in [3.05, 3.63) is 41.7 Å². The molecule has 2 N–H and O–H groups in total. The van der Waals surface area contributed by atoms with Gasteiger partial charge >= 0.3 is 0 Å². The first kappa shape index (κ1) is 14.2.